The molecule has 0 radical (unpaired) electrons. The Hall–Kier alpha value is -2.06. The van der Waals surface area contributed by atoms with Crippen LogP contribution in [0.3, 0.4) is 0 Å². The van der Waals surface area contributed by atoms with Gasteiger partial charge in [0.15, 0.2) is 0 Å². The van der Waals surface area contributed by atoms with Gasteiger partial charge in [0.1, 0.15) is 17.9 Å². The number of nitrogens with two attached hydrogens (primary N) is 1. The number of ether oxygens (including phenoxy) is 2. The molecule has 16 heavy (non-hydrogen) atoms. The average Bonchev–Trinajstić information content (AvgIpc) is 2.34. The topological polar surface area (TPSA) is 85.3 Å². The van der Waals surface area contributed by atoms with Crippen LogP contribution in [0.1, 0.15) is 15.9 Å². The van der Waals surface area contributed by atoms with Gasteiger partial charge in [0.25, 0.3) is 0 Å². The molecule has 0 saturated heterocycles. The molecule has 0 aliphatic rings. The second-order valence-corrected chi connectivity index (χ2v) is 2.95. The summed E-state index contributed by atoms with van der Waals surface area (Å²) in [6.07, 6.45) is 0. The molecule has 0 unspecified atom stereocenters. The molecule has 84 valence electrons. The highest BCUT2D eigenvalue weighted by Crippen LogP contribution is 2.21. The molecule has 1 aromatic carbocycles. The molecule has 0 saturated carbocycles. The number of carbonyl (C=O) groups is 1. The van der Waals surface area contributed by atoms with Crippen LogP contribution in [-0.2, 0) is 4.74 Å². The fourth-order valence-corrected chi connectivity index (χ4v) is 1.16. The highest BCUT2D eigenvalue weighted by molar-refractivity contribution is 5.92. The zero-order chi connectivity index (χ0) is 12.0. The fraction of sp³-hybridized carbons (Fsp3) is 0.273. The van der Waals surface area contributed by atoms with Crippen molar-refractivity contribution >= 4 is 5.97 Å². The molecule has 0 heterocycles. The van der Waals surface area contributed by atoms with E-state index in [2.05, 4.69) is 4.74 Å². The number of rotatable bonds is 4. The van der Waals surface area contributed by atoms with Crippen molar-refractivity contribution < 1.29 is 14.3 Å². The number of nitrogens with zero attached hydrogens (tertiary/aromatic N) is 1. The van der Waals surface area contributed by atoms with Gasteiger partial charge in [-0.1, -0.05) is 0 Å². The molecule has 0 aromatic heterocycles. The van der Waals surface area contributed by atoms with Crippen LogP contribution in [0.4, 0.5) is 0 Å². The lowest BCUT2D eigenvalue weighted by atomic mass is 10.1. The third-order valence-electron chi connectivity index (χ3n) is 1.89. The zero-order valence-electron chi connectivity index (χ0n) is 8.90. The summed E-state index contributed by atoms with van der Waals surface area (Å²) >= 11 is 0. The second-order valence-electron chi connectivity index (χ2n) is 2.95. The lowest BCUT2D eigenvalue weighted by Gasteiger charge is -2.09. The lowest BCUT2D eigenvalue weighted by Crippen LogP contribution is -2.13. The smallest absolute Gasteiger partial charge is 0.341 e. The van der Waals surface area contributed by atoms with Crippen molar-refractivity contribution in [2.75, 3.05) is 20.3 Å². The number of hydrogen-bond donors (Lipinski definition) is 1. The molecular formula is C11H12N2O3. The van der Waals surface area contributed by atoms with Gasteiger partial charge in [-0.3, -0.25) is 0 Å². The summed E-state index contributed by atoms with van der Waals surface area (Å²) in [5.41, 5.74) is 6.00. The molecule has 0 bridgehead atoms. The van der Waals surface area contributed by atoms with Crippen LogP contribution in [0.25, 0.3) is 0 Å². The Balaban J connectivity index is 3.07. The van der Waals surface area contributed by atoms with Crippen molar-refractivity contribution in [2.24, 2.45) is 5.73 Å². The van der Waals surface area contributed by atoms with Gasteiger partial charge in [0, 0.05) is 6.54 Å². The van der Waals surface area contributed by atoms with Gasteiger partial charge >= 0.3 is 5.97 Å². The number of nitriles is 1. The largest absolute Gasteiger partial charge is 0.491 e. The van der Waals surface area contributed by atoms with Crippen LogP contribution in [-0.4, -0.2) is 26.2 Å². The number of esters is 1. The van der Waals surface area contributed by atoms with E-state index in [9.17, 15) is 4.79 Å². The number of carbonyl (C=O) groups excluding carboxylic acids is 1. The Morgan fingerprint density at radius 1 is 1.56 bits per heavy atom. The minimum Gasteiger partial charge on any atom is -0.491 e. The fourth-order valence-electron chi connectivity index (χ4n) is 1.16. The van der Waals surface area contributed by atoms with E-state index in [-0.39, 0.29) is 12.2 Å². The van der Waals surface area contributed by atoms with Gasteiger partial charge in [-0.25, -0.2) is 4.79 Å². The number of hydrogen-bond acceptors (Lipinski definition) is 5. The van der Waals surface area contributed by atoms with E-state index in [0.717, 1.165) is 0 Å². The van der Waals surface area contributed by atoms with E-state index in [1.54, 1.807) is 0 Å². The average molecular weight is 220 g/mol. The Labute approximate surface area is 93.4 Å². The third kappa shape index (κ3) is 2.72. The highest BCUT2D eigenvalue weighted by atomic mass is 16.5. The van der Waals surface area contributed by atoms with Crippen molar-refractivity contribution in [3.05, 3.63) is 29.3 Å². The van der Waals surface area contributed by atoms with Gasteiger partial charge in [0.2, 0.25) is 0 Å². The number of benzene rings is 1. The van der Waals surface area contributed by atoms with E-state index in [0.29, 0.717) is 17.9 Å². The summed E-state index contributed by atoms with van der Waals surface area (Å²) in [5.74, 6) is -0.187. The summed E-state index contributed by atoms with van der Waals surface area (Å²) in [7, 11) is 1.28. The first-order valence-corrected chi connectivity index (χ1v) is 4.68. The van der Waals surface area contributed by atoms with Crippen LogP contribution in [0.2, 0.25) is 0 Å². The van der Waals surface area contributed by atoms with Crippen LogP contribution in [0.15, 0.2) is 18.2 Å². The first-order chi connectivity index (χ1) is 7.72. The second kappa shape index (κ2) is 5.73. The van der Waals surface area contributed by atoms with E-state index in [1.165, 1.54) is 25.3 Å². The maximum atomic E-state index is 11.4. The van der Waals surface area contributed by atoms with Crippen LogP contribution in [0, 0.1) is 11.3 Å². The van der Waals surface area contributed by atoms with Crippen LogP contribution >= 0.6 is 0 Å². The predicted molar refractivity (Wildman–Crippen MR) is 57.0 cm³/mol. The van der Waals surface area contributed by atoms with Gasteiger partial charge in [-0.05, 0) is 18.2 Å². The molecule has 0 aliphatic carbocycles. The summed E-state index contributed by atoms with van der Waals surface area (Å²) in [6, 6.07) is 6.48. The predicted octanol–water partition coefficient (Wildman–Crippen LogP) is 0.682. The van der Waals surface area contributed by atoms with Crippen molar-refractivity contribution in [3.8, 4) is 11.8 Å². The Kier molecular flexibility index (Phi) is 4.30. The molecule has 0 amide bonds. The molecule has 1 aromatic rings. The monoisotopic (exact) mass is 220 g/mol. The molecule has 5 heteroatoms. The molecule has 0 fully saturated rings. The molecule has 0 atom stereocenters. The van der Waals surface area contributed by atoms with Crippen molar-refractivity contribution in [1.29, 1.82) is 5.26 Å². The Morgan fingerprint density at radius 2 is 2.31 bits per heavy atom. The zero-order valence-corrected chi connectivity index (χ0v) is 8.90. The Bertz CT molecular complexity index is 424. The maximum Gasteiger partial charge on any atom is 0.341 e. The van der Waals surface area contributed by atoms with Crippen LogP contribution in [0.5, 0.6) is 5.75 Å². The van der Waals surface area contributed by atoms with E-state index < -0.39 is 5.97 Å². The lowest BCUT2D eigenvalue weighted by molar-refractivity contribution is 0.0596. The highest BCUT2D eigenvalue weighted by Gasteiger charge is 2.13. The first-order valence-electron chi connectivity index (χ1n) is 4.68. The number of methoxy groups -OCH3 is 1. The summed E-state index contributed by atoms with van der Waals surface area (Å²) < 4.78 is 9.87. The summed E-state index contributed by atoms with van der Waals surface area (Å²) in [6.45, 7) is 0.607. The van der Waals surface area contributed by atoms with Crippen molar-refractivity contribution in [3.63, 3.8) is 0 Å². The van der Waals surface area contributed by atoms with Crippen LogP contribution < -0.4 is 10.5 Å². The van der Waals surface area contributed by atoms with Crippen molar-refractivity contribution in [1.82, 2.24) is 0 Å². The maximum absolute atomic E-state index is 11.4. The van der Waals surface area contributed by atoms with Gasteiger partial charge < -0.3 is 15.2 Å². The van der Waals surface area contributed by atoms with Gasteiger partial charge in [-0.15, -0.1) is 0 Å². The minimum absolute atomic E-state index is 0.277. The Morgan fingerprint density at radius 3 is 2.88 bits per heavy atom. The standard InChI is InChI=1S/C11H12N2O3/c1-15-11(14)9-3-2-8(7-13)6-10(9)16-5-4-12/h2-3,6H,4-5,12H2,1H3. The summed E-state index contributed by atoms with van der Waals surface area (Å²) in [4.78, 5) is 11.4. The molecular weight excluding hydrogens is 208 g/mol. The van der Waals surface area contributed by atoms with E-state index in [1.807, 2.05) is 6.07 Å². The van der Waals surface area contributed by atoms with Crippen molar-refractivity contribution in [2.45, 2.75) is 0 Å². The van der Waals surface area contributed by atoms with E-state index in [4.69, 9.17) is 15.7 Å². The molecule has 2 N–H and O–H groups in total. The van der Waals surface area contributed by atoms with Gasteiger partial charge in [0.05, 0.1) is 18.7 Å². The normalized spacial score (nSPS) is 9.31. The third-order valence-corrected chi connectivity index (χ3v) is 1.89. The summed E-state index contributed by atoms with van der Waals surface area (Å²) in [5, 5.41) is 8.73. The first kappa shape index (κ1) is 12.0. The van der Waals surface area contributed by atoms with Gasteiger partial charge in [-0.2, -0.15) is 5.26 Å². The minimum atomic E-state index is -0.503. The van der Waals surface area contributed by atoms with E-state index >= 15 is 0 Å². The molecule has 0 spiro atoms. The molecule has 1 rings (SSSR count). The molecule has 0 aliphatic heterocycles. The SMILES string of the molecule is COC(=O)c1ccc(C#N)cc1OCCN. The molecule has 5 nitrogen and oxygen atoms in total. The quantitative estimate of drug-likeness (QED) is 0.754.